The number of carbonyl (C=O) groups is 2. The number of benzene rings is 2. The van der Waals surface area contributed by atoms with Crippen LogP contribution in [0.3, 0.4) is 0 Å². The van der Waals surface area contributed by atoms with E-state index in [1.54, 1.807) is 23.1 Å². The fraction of sp³-hybridized carbons (Fsp3) is 0.467. The van der Waals surface area contributed by atoms with Crippen molar-refractivity contribution in [2.75, 3.05) is 32.8 Å². The summed E-state index contributed by atoms with van der Waals surface area (Å²) in [5.41, 5.74) is 2.08. The molecule has 4 rings (SSSR count). The van der Waals surface area contributed by atoms with Gasteiger partial charge in [0, 0.05) is 12.0 Å². The number of Topliss-reactive ketones (excluding diaryl/α,β-unsaturated/α-hetero) is 1. The highest BCUT2D eigenvalue weighted by Crippen LogP contribution is 2.40. The van der Waals surface area contributed by atoms with Gasteiger partial charge in [0.1, 0.15) is 17.6 Å². The lowest BCUT2D eigenvalue weighted by atomic mass is 9.94. The Bertz CT molecular complexity index is 1170. The van der Waals surface area contributed by atoms with Crippen molar-refractivity contribution in [1.29, 1.82) is 0 Å². The molecule has 0 bridgehead atoms. The number of ether oxygens (including phenoxy) is 2. The Morgan fingerprint density at radius 1 is 1.14 bits per heavy atom. The summed E-state index contributed by atoms with van der Waals surface area (Å²) in [6.45, 7) is 11.8. The number of nitrogens with one attached hydrogen (secondary N) is 1. The molecule has 2 aliphatic rings. The molecule has 0 aliphatic carbocycles. The van der Waals surface area contributed by atoms with Crippen molar-refractivity contribution >= 4 is 17.4 Å². The second kappa shape index (κ2) is 11.8. The first-order valence-corrected chi connectivity index (χ1v) is 13.5. The molecule has 2 aromatic rings. The van der Waals surface area contributed by atoms with Gasteiger partial charge in [0.15, 0.2) is 0 Å². The van der Waals surface area contributed by atoms with E-state index in [0.717, 1.165) is 37.2 Å². The quantitative estimate of drug-likeness (QED) is 0.219. The maximum absolute atomic E-state index is 13.8. The topological polar surface area (TPSA) is 83.3 Å². The van der Waals surface area contributed by atoms with Crippen LogP contribution >= 0.6 is 0 Å². The van der Waals surface area contributed by atoms with Gasteiger partial charge in [0.2, 0.25) is 5.78 Å². The first-order valence-electron chi connectivity index (χ1n) is 13.5. The molecule has 0 saturated carbocycles. The minimum Gasteiger partial charge on any atom is -0.872 e. The molecule has 0 aromatic heterocycles. The molecule has 37 heavy (non-hydrogen) atoms. The van der Waals surface area contributed by atoms with Gasteiger partial charge < -0.3 is 24.4 Å². The first-order chi connectivity index (χ1) is 17.9. The molecule has 2 aliphatic heterocycles. The zero-order valence-corrected chi connectivity index (χ0v) is 22.3. The van der Waals surface area contributed by atoms with E-state index < -0.39 is 23.5 Å². The maximum atomic E-state index is 13.8. The lowest BCUT2D eigenvalue weighted by Crippen LogP contribution is -3.12. The smallest absolute Gasteiger partial charge is 0.295 e. The number of fused-ring (bicyclic) bond motifs is 1. The number of nitrogens with zero attached hydrogens (tertiary/aromatic N) is 1. The number of carbonyl (C=O) groups excluding carboxylic acids is 2. The second-order valence-electron chi connectivity index (χ2n) is 9.91. The maximum Gasteiger partial charge on any atom is 0.295 e. The number of ketones is 1. The van der Waals surface area contributed by atoms with Crippen LogP contribution in [-0.4, -0.2) is 55.5 Å². The lowest BCUT2D eigenvalue weighted by molar-refractivity contribution is -0.895. The van der Waals surface area contributed by atoms with Gasteiger partial charge in [-0.3, -0.25) is 9.59 Å². The fourth-order valence-electron chi connectivity index (χ4n) is 5.16. The predicted molar refractivity (Wildman–Crippen MR) is 140 cm³/mol. The first kappa shape index (κ1) is 26.7. The normalized spacial score (nSPS) is 20.4. The van der Waals surface area contributed by atoms with Crippen LogP contribution in [0.5, 0.6) is 11.5 Å². The van der Waals surface area contributed by atoms with E-state index in [1.165, 1.54) is 4.90 Å². The summed E-state index contributed by atoms with van der Waals surface area (Å²) in [6.07, 6.45) is 2.70. The SMILES string of the molecule is CCCCOc1cccc(C2C(=C([O-])c3ccc4c(c3)CC(C)O4)C(=O)C(=O)N2CC[NH+](CC)CC)c1. The Balaban J connectivity index is 1.76. The largest absolute Gasteiger partial charge is 0.872 e. The van der Waals surface area contributed by atoms with Crippen LogP contribution < -0.4 is 19.5 Å². The molecule has 0 radical (unpaired) electrons. The van der Waals surface area contributed by atoms with Crippen molar-refractivity contribution in [1.82, 2.24) is 4.90 Å². The molecule has 2 unspecified atom stereocenters. The van der Waals surface area contributed by atoms with Gasteiger partial charge in [-0.25, -0.2) is 0 Å². The Labute approximate surface area is 219 Å². The van der Waals surface area contributed by atoms with E-state index in [1.807, 2.05) is 31.2 Å². The number of hydrogen-bond acceptors (Lipinski definition) is 5. The summed E-state index contributed by atoms with van der Waals surface area (Å²) in [6, 6.07) is 12.0. The van der Waals surface area contributed by atoms with E-state index in [4.69, 9.17) is 9.47 Å². The number of likely N-dealkylation sites (N-methyl/N-ethyl adjacent to an activating group) is 1. The molecule has 1 fully saturated rings. The van der Waals surface area contributed by atoms with Crippen molar-refractivity contribution in [3.63, 3.8) is 0 Å². The highest BCUT2D eigenvalue weighted by atomic mass is 16.5. The van der Waals surface area contributed by atoms with Crippen LogP contribution in [0.2, 0.25) is 0 Å². The van der Waals surface area contributed by atoms with Gasteiger partial charge in [0.25, 0.3) is 5.91 Å². The van der Waals surface area contributed by atoms with E-state index in [2.05, 4.69) is 20.8 Å². The lowest BCUT2D eigenvalue weighted by Gasteiger charge is -2.29. The summed E-state index contributed by atoms with van der Waals surface area (Å²) in [7, 11) is 0. The predicted octanol–water partition coefficient (Wildman–Crippen LogP) is 2.34. The van der Waals surface area contributed by atoms with Crippen molar-refractivity contribution < 1.29 is 29.1 Å². The number of rotatable bonds is 11. The molecule has 7 nitrogen and oxygen atoms in total. The fourth-order valence-corrected chi connectivity index (χ4v) is 5.16. The van der Waals surface area contributed by atoms with Crippen LogP contribution in [0.1, 0.15) is 63.3 Å². The zero-order valence-electron chi connectivity index (χ0n) is 22.3. The summed E-state index contributed by atoms with van der Waals surface area (Å²) in [5, 5.41) is 13.8. The zero-order chi connectivity index (χ0) is 26.5. The summed E-state index contributed by atoms with van der Waals surface area (Å²) >= 11 is 0. The standard InChI is InChI=1S/C30H38N2O5/c1-5-8-16-36-24-11-9-10-21(19-24)27-26(29(34)30(35)32(27)15-14-31(6-2)7-3)28(33)22-12-13-25-23(18-22)17-20(4)37-25/h9-13,18-20,27,33H,5-8,14-17H2,1-4H3. The minimum atomic E-state index is -0.749. The van der Waals surface area contributed by atoms with Crippen molar-refractivity contribution in [3.05, 3.63) is 64.7 Å². The molecule has 2 heterocycles. The van der Waals surface area contributed by atoms with Crippen LogP contribution in [0.4, 0.5) is 0 Å². The van der Waals surface area contributed by atoms with Crippen LogP contribution in [-0.2, 0) is 16.0 Å². The Morgan fingerprint density at radius 2 is 1.92 bits per heavy atom. The molecule has 1 N–H and O–H groups in total. The van der Waals surface area contributed by atoms with E-state index in [-0.39, 0.29) is 11.7 Å². The number of hydrogen-bond donors (Lipinski definition) is 1. The van der Waals surface area contributed by atoms with Gasteiger partial charge >= 0.3 is 0 Å². The molecular formula is C30H38N2O5. The molecule has 1 amide bonds. The second-order valence-corrected chi connectivity index (χ2v) is 9.91. The Hall–Kier alpha value is -3.32. The summed E-state index contributed by atoms with van der Waals surface area (Å²) in [5.74, 6) is -0.300. The van der Waals surface area contributed by atoms with Crippen molar-refractivity contribution in [2.24, 2.45) is 0 Å². The van der Waals surface area contributed by atoms with Crippen molar-refractivity contribution in [2.45, 2.75) is 59.1 Å². The van der Waals surface area contributed by atoms with Crippen LogP contribution in [0.25, 0.3) is 5.76 Å². The van der Waals surface area contributed by atoms with Gasteiger partial charge in [-0.1, -0.05) is 37.3 Å². The number of likely N-dealkylation sites (tertiary alicyclic amines) is 1. The average Bonchev–Trinajstić information content (AvgIpc) is 3.40. The van der Waals surface area contributed by atoms with Crippen LogP contribution in [0, 0.1) is 0 Å². The summed E-state index contributed by atoms with van der Waals surface area (Å²) in [4.78, 5) is 29.6. The average molecular weight is 507 g/mol. The molecule has 1 saturated heterocycles. The highest BCUT2D eigenvalue weighted by molar-refractivity contribution is 6.46. The van der Waals surface area contributed by atoms with Gasteiger partial charge in [0.05, 0.1) is 38.8 Å². The highest BCUT2D eigenvalue weighted by Gasteiger charge is 2.44. The third-order valence-corrected chi connectivity index (χ3v) is 7.33. The minimum absolute atomic E-state index is 0.0113. The van der Waals surface area contributed by atoms with E-state index in [9.17, 15) is 14.7 Å². The van der Waals surface area contributed by atoms with Gasteiger partial charge in [-0.15, -0.1) is 0 Å². The third-order valence-electron chi connectivity index (χ3n) is 7.33. The van der Waals surface area contributed by atoms with Crippen molar-refractivity contribution in [3.8, 4) is 11.5 Å². The monoisotopic (exact) mass is 506 g/mol. The molecule has 7 heteroatoms. The molecule has 0 spiro atoms. The van der Waals surface area contributed by atoms with E-state index in [0.29, 0.717) is 43.0 Å². The number of amides is 1. The van der Waals surface area contributed by atoms with Gasteiger partial charge in [-0.2, -0.15) is 0 Å². The summed E-state index contributed by atoms with van der Waals surface area (Å²) < 4.78 is 11.7. The number of unbranched alkanes of at least 4 members (excludes halogenated alkanes) is 1. The van der Waals surface area contributed by atoms with Crippen LogP contribution in [0.15, 0.2) is 48.0 Å². The number of quaternary nitrogens is 1. The molecule has 198 valence electrons. The molecule has 2 aromatic carbocycles. The molecular weight excluding hydrogens is 468 g/mol. The molecule has 2 atom stereocenters. The van der Waals surface area contributed by atoms with E-state index >= 15 is 0 Å². The van der Waals surface area contributed by atoms with Gasteiger partial charge in [-0.05, 0) is 68.1 Å². The third kappa shape index (κ3) is 5.67. The Kier molecular flexibility index (Phi) is 8.54. The Morgan fingerprint density at radius 3 is 2.65 bits per heavy atom.